The van der Waals surface area contributed by atoms with Crippen LogP contribution in [0.1, 0.15) is 41.0 Å². The molecule has 76 valence electrons. The summed E-state index contributed by atoms with van der Waals surface area (Å²) in [5.41, 5.74) is 0.616. The van der Waals surface area contributed by atoms with E-state index in [2.05, 4.69) is 41.2 Å². The average molecular weight is 182 g/mol. The van der Waals surface area contributed by atoms with E-state index >= 15 is 0 Å². The summed E-state index contributed by atoms with van der Waals surface area (Å²) in [5.74, 6) is 1.32. The third kappa shape index (κ3) is 2.07. The van der Waals surface area contributed by atoms with Gasteiger partial charge in [0, 0.05) is 5.92 Å². The average Bonchev–Trinajstić information content (AvgIpc) is 2.28. The lowest BCUT2D eigenvalue weighted by Crippen LogP contribution is -2.08. The molecule has 2 unspecified atom stereocenters. The Labute approximate surface area is 81.9 Å². The fourth-order valence-electron chi connectivity index (χ4n) is 2.45. The van der Waals surface area contributed by atoms with Crippen LogP contribution in [-0.4, -0.2) is 5.11 Å². The van der Waals surface area contributed by atoms with Crippen molar-refractivity contribution in [3.8, 4) is 0 Å². The van der Waals surface area contributed by atoms with Gasteiger partial charge in [-0.1, -0.05) is 41.2 Å². The second-order valence-corrected chi connectivity index (χ2v) is 6.16. The molecule has 0 aromatic rings. The predicted octanol–water partition coefficient (Wildman–Crippen LogP) is 3.77. The molecule has 0 bridgehead atoms. The smallest absolute Gasteiger partial charge is 0.0890 e. The Morgan fingerprint density at radius 3 is 2.08 bits per heavy atom. The first-order valence-corrected chi connectivity index (χ1v) is 5.04. The molecule has 1 nitrogen and oxygen atoms in total. The molecule has 1 N–H and O–H groups in total. The molecule has 1 fully saturated rings. The van der Waals surface area contributed by atoms with Gasteiger partial charge in [0.1, 0.15) is 0 Å². The van der Waals surface area contributed by atoms with Crippen LogP contribution in [0.3, 0.4) is 0 Å². The lowest BCUT2D eigenvalue weighted by atomic mass is 9.87. The zero-order chi connectivity index (χ0) is 10.4. The molecule has 1 rings (SSSR count). The van der Waals surface area contributed by atoms with Crippen molar-refractivity contribution >= 4 is 0 Å². The van der Waals surface area contributed by atoms with Crippen LogP contribution in [0.5, 0.6) is 0 Å². The predicted molar refractivity (Wildman–Crippen MR) is 56.6 cm³/mol. The molecule has 0 aromatic carbocycles. The van der Waals surface area contributed by atoms with Gasteiger partial charge in [0.25, 0.3) is 0 Å². The first kappa shape index (κ1) is 10.6. The Morgan fingerprint density at radius 2 is 1.85 bits per heavy atom. The van der Waals surface area contributed by atoms with Gasteiger partial charge in [-0.2, -0.15) is 0 Å². The normalized spacial score (nSPS) is 31.5. The van der Waals surface area contributed by atoms with E-state index in [4.69, 9.17) is 0 Å². The lowest BCUT2D eigenvalue weighted by molar-refractivity contribution is 0.320. The Hall–Kier alpha value is -0.460. The molecule has 0 radical (unpaired) electrons. The lowest BCUT2D eigenvalue weighted by Gasteiger charge is -2.18. The van der Waals surface area contributed by atoms with Crippen LogP contribution < -0.4 is 0 Å². The van der Waals surface area contributed by atoms with Crippen LogP contribution in [0.4, 0.5) is 0 Å². The maximum atomic E-state index is 9.40. The molecule has 1 aliphatic rings. The molecule has 0 amide bonds. The summed E-state index contributed by atoms with van der Waals surface area (Å²) in [6.45, 7) is 14.8. The minimum Gasteiger partial charge on any atom is -0.513 e. The van der Waals surface area contributed by atoms with E-state index in [1.807, 2.05) is 0 Å². The first-order chi connectivity index (χ1) is 5.66. The SMILES string of the molecule is C=C(O)C1C(CC(C)(C)C)C1(C)C. The standard InChI is InChI=1S/C12H22O/c1-8(13)10-9(12(10,5)6)7-11(2,3)4/h9-10,13H,1,7H2,2-6H3. The third-order valence-corrected chi connectivity index (χ3v) is 3.24. The van der Waals surface area contributed by atoms with Gasteiger partial charge in [0.05, 0.1) is 5.76 Å². The molecule has 2 atom stereocenters. The highest BCUT2D eigenvalue weighted by Crippen LogP contribution is 2.64. The maximum Gasteiger partial charge on any atom is 0.0890 e. The highest BCUT2D eigenvalue weighted by Gasteiger charge is 2.59. The summed E-state index contributed by atoms with van der Waals surface area (Å²) in [5, 5.41) is 9.40. The maximum absolute atomic E-state index is 9.40. The Kier molecular flexibility index (Phi) is 2.26. The fraction of sp³-hybridized carbons (Fsp3) is 0.833. The second kappa shape index (κ2) is 2.76. The highest BCUT2D eigenvalue weighted by molar-refractivity contribution is 5.16. The Morgan fingerprint density at radius 1 is 1.38 bits per heavy atom. The van der Waals surface area contributed by atoms with Gasteiger partial charge in [-0.3, -0.25) is 0 Å². The zero-order valence-corrected chi connectivity index (χ0v) is 9.52. The van der Waals surface area contributed by atoms with Crippen molar-refractivity contribution in [2.75, 3.05) is 0 Å². The van der Waals surface area contributed by atoms with Gasteiger partial charge in [-0.05, 0) is 23.2 Å². The summed E-state index contributed by atoms with van der Waals surface area (Å²) in [4.78, 5) is 0. The van der Waals surface area contributed by atoms with Crippen LogP contribution in [0, 0.1) is 22.7 Å². The molecular formula is C12H22O. The fourth-order valence-corrected chi connectivity index (χ4v) is 2.45. The van der Waals surface area contributed by atoms with Crippen molar-refractivity contribution in [1.29, 1.82) is 0 Å². The van der Waals surface area contributed by atoms with Crippen molar-refractivity contribution in [2.24, 2.45) is 22.7 Å². The highest BCUT2D eigenvalue weighted by atomic mass is 16.3. The number of aliphatic hydroxyl groups excluding tert-OH is 1. The van der Waals surface area contributed by atoms with E-state index in [1.165, 1.54) is 6.42 Å². The summed E-state index contributed by atoms with van der Waals surface area (Å²) in [6.07, 6.45) is 1.17. The molecule has 1 aliphatic carbocycles. The van der Waals surface area contributed by atoms with Crippen molar-refractivity contribution < 1.29 is 5.11 Å². The summed E-state index contributed by atoms with van der Waals surface area (Å²) >= 11 is 0. The molecule has 13 heavy (non-hydrogen) atoms. The first-order valence-electron chi connectivity index (χ1n) is 5.04. The number of aliphatic hydroxyl groups is 1. The van der Waals surface area contributed by atoms with Crippen LogP contribution in [0.2, 0.25) is 0 Å². The molecule has 0 aromatic heterocycles. The minimum absolute atomic E-state index is 0.263. The van der Waals surface area contributed by atoms with E-state index in [0.717, 1.165) is 0 Å². The molecule has 1 saturated carbocycles. The molecule has 0 spiro atoms. The van der Waals surface area contributed by atoms with Crippen LogP contribution in [-0.2, 0) is 0 Å². The second-order valence-electron chi connectivity index (χ2n) is 6.16. The number of rotatable bonds is 2. The zero-order valence-electron chi connectivity index (χ0n) is 9.52. The van der Waals surface area contributed by atoms with E-state index in [-0.39, 0.29) is 5.41 Å². The monoisotopic (exact) mass is 182 g/mol. The van der Waals surface area contributed by atoms with Crippen molar-refractivity contribution in [3.63, 3.8) is 0 Å². The van der Waals surface area contributed by atoms with Crippen LogP contribution >= 0.6 is 0 Å². The topological polar surface area (TPSA) is 20.2 Å². The van der Waals surface area contributed by atoms with Gasteiger partial charge < -0.3 is 5.11 Å². The molecular weight excluding hydrogens is 160 g/mol. The number of hydrogen-bond donors (Lipinski definition) is 1. The summed E-state index contributed by atoms with van der Waals surface area (Å²) < 4.78 is 0. The number of allylic oxidation sites excluding steroid dienone is 1. The molecule has 0 saturated heterocycles. The Balaban J connectivity index is 2.61. The summed E-state index contributed by atoms with van der Waals surface area (Å²) in [6, 6.07) is 0. The van der Waals surface area contributed by atoms with E-state index in [0.29, 0.717) is 23.0 Å². The molecule has 0 heterocycles. The third-order valence-electron chi connectivity index (χ3n) is 3.24. The van der Waals surface area contributed by atoms with E-state index in [1.54, 1.807) is 0 Å². The van der Waals surface area contributed by atoms with Gasteiger partial charge in [0.2, 0.25) is 0 Å². The Bertz CT molecular complexity index is 220. The largest absolute Gasteiger partial charge is 0.513 e. The quantitative estimate of drug-likeness (QED) is 0.644. The van der Waals surface area contributed by atoms with Crippen molar-refractivity contribution in [2.45, 2.75) is 41.0 Å². The van der Waals surface area contributed by atoms with Crippen molar-refractivity contribution in [1.82, 2.24) is 0 Å². The van der Waals surface area contributed by atoms with Crippen molar-refractivity contribution in [3.05, 3.63) is 12.3 Å². The molecule has 0 aliphatic heterocycles. The van der Waals surface area contributed by atoms with Crippen LogP contribution in [0.15, 0.2) is 12.3 Å². The van der Waals surface area contributed by atoms with Gasteiger partial charge in [-0.25, -0.2) is 0 Å². The van der Waals surface area contributed by atoms with Gasteiger partial charge >= 0.3 is 0 Å². The minimum atomic E-state index is 0.263. The van der Waals surface area contributed by atoms with Crippen LogP contribution in [0.25, 0.3) is 0 Å². The van der Waals surface area contributed by atoms with E-state index in [9.17, 15) is 5.11 Å². The van der Waals surface area contributed by atoms with Gasteiger partial charge in [0.15, 0.2) is 0 Å². The number of hydrogen-bond acceptors (Lipinski definition) is 1. The van der Waals surface area contributed by atoms with Gasteiger partial charge in [-0.15, -0.1) is 0 Å². The molecule has 1 heteroatoms. The summed E-state index contributed by atoms with van der Waals surface area (Å²) in [7, 11) is 0. The van der Waals surface area contributed by atoms with E-state index < -0.39 is 0 Å².